The SMILES string of the molecule is CCCCCNC(=NC)NCCCCCN1CCCCC1. The maximum atomic E-state index is 4.26. The number of piperidine rings is 1. The Morgan fingerprint density at radius 2 is 1.57 bits per heavy atom. The zero-order valence-electron chi connectivity index (χ0n) is 14.3. The van der Waals surface area contributed by atoms with Crippen molar-refractivity contribution in [1.82, 2.24) is 15.5 Å². The molecule has 0 atom stereocenters. The number of nitrogens with zero attached hydrogens (tertiary/aromatic N) is 2. The highest BCUT2D eigenvalue weighted by Gasteiger charge is 2.08. The van der Waals surface area contributed by atoms with E-state index in [0.717, 1.165) is 19.0 Å². The lowest BCUT2D eigenvalue weighted by Crippen LogP contribution is -2.38. The summed E-state index contributed by atoms with van der Waals surface area (Å²) < 4.78 is 0. The summed E-state index contributed by atoms with van der Waals surface area (Å²) in [5.74, 6) is 0.960. The molecular formula is C17H36N4. The second-order valence-electron chi connectivity index (χ2n) is 6.10. The first-order valence-corrected chi connectivity index (χ1v) is 9.03. The first-order valence-electron chi connectivity index (χ1n) is 9.03. The van der Waals surface area contributed by atoms with Crippen molar-refractivity contribution in [1.29, 1.82) is 0 Å². The van der Waals surface area contributed by atoms with Gasteiger partial charge in [0.1, 0.15) is 0 Å². The molecule has 124 valence electrons. The molecule has 1 aliphatic rings. The van der Waals surface area contributed by atoms with Gasteiger partial charge in [-0.15, -0.1) is 0 Å². The number of aliphatic imine (C=N–C) groups is 1. The number of guanidine groups is 1. The minimum Gasteiger partial charge on any atom is -0.356 e. The average Bonchev–Trinajstić information content (AvgIpc) is 2.53. The van der Waals surface area contributed by atoms with E-state index in [0.29, 0.717) is 0 Å². The van der Waals surface area contributed by atoms with Gasteiger partial charge in [-0.2, -0.15) is 0 Å². The van der Waals surface area contributed by atoms with Gasteiger partial charge in [0.25, 0.3) is 0 Å². The summed E-state index contributed by atoms with van der Waals surface area (Å²) in [7, 11) is 1.85. The van der Waals surface area contributed by atoms with E-state index in [4.69, 9.17) is 0 Å². The quantitative estimate of drug-likeness (QED) is 0.370. The molecule has 4 heteroatoms. The molecule has 0 aromatic heterocycles. The van der Waals surface area contributed by atoms with E-state index in [1.165, 1.54) is 77.4 Å². The normalized spacial score (nSPS) is 17.0. The molecule has 21 heavy (non-hydrogen) atoms. The van der Waals surface area contributed by atoms with E-state index < -0.39 is 0 Å². The Hall–Kier alpha value is -0.770. The number of hydrogen-bond acceptors (Lipinski definition) is 2. The monoisotopic (exact) mass is 296 g/mol. The van der Waals surface area contributed by atoms with Crippen LogP contribution in [0.4, 0.5) is 0 Å². The Morgan fingerprint density at radius 3 is 2.19 bits per heavy atom. The first-order chi connectivity index (χ1) is 10.4. The predicted molar refractivity (Wildman–Crippen MR) is 93.0 cm³/mol. The van der Waals surface area contributed by atoms with Crippen molar-refractivity contribution in [2.75, 3.05) is 39.8 Å². The topological polar surface area (TPSA) is 39.7 Å². The molecule has 0 aliphatic carbocycles. The summed E-state index contributed by atoms with van der Waals surface area (Å²) in [4.78, 5) is 6.89. The number of hydrogen-bond donors (Lipinski definition) is 2. The van der Waals surface area contributed by atoms with Crippen LogP contribution in [-0.4, -0.2) is 50.6 Å². The van der Waals surface area contributed by atoms with Crippen LogP contribution in [0, 0.1) is 0 Å². The fraction of sp³-hybridized carbons (Fsp3) is 0.941. The van der Waals surface area contributed by atoms with Gasteiger partial charge in [-0.05, 0) is 51.7 Å². The van der Waals surface area contributed by atoms with Crippen LogP contribution in [0.1, 0.15) is 64.7 Å². The van der Waals surface area contributed by atoms with Crippen molar-refractivity contribution in [3.05, 3.63) is 0 Å². The number of unbranched alkanes of at least 4 members (excludes halogenated alkanes) is 4. The smallest absolute Gasteiger partial charge is 0.190 e. The molecule has 4 nitrogen and oxygen atoms in total. The molecule has 0 amide bonds. The second kappa shape index (κ2) is 12.9. The molecule has 0 spiro atoms. The molecule has 0 bridgehead atoms. The summed E-state index contributed by atoms with van der Waals surface area (Å²) >= 11 is 0. The highest BCUT2D eigenvalue weighted by molar-refractivity contribution is 5.79. The molecule has 1 saturated heterocycles. The molecule has 1 fully saturated rings. The highest BCUT2D eigenvalue weighted by Crippen LogP contribution is 2.09. The van der Waals surface area contributed by atoms with Crippen LogP contribution in [0.25, 0.3) is 0 Å². The summed E-state index contributed by atoms with van der Waals surface area (Å²) in [6, 6.07) is 0. The number of nitrogens with one attached hydrogen (secondary N) is 2. The molecule has 1 aliphatic heterocycles. The second-order valence-corrected chi connectivity index (χ2v) is 6.10. The van der Waals surface area contributed by atoms with Crippen molar-refractivity contribution in [3.8, 4) is 0 Å². The standard InChI is InChI=1S/C17H36N4/c1-3-4-7-12-19-17(18-2)20-13-8-5-9-14-21-15-10-6-11-16-21/h3-16H2,1-2H3,(H2,18,19,20). The summed E-state index contributed by atoms with van der Waals surface area (Å²) in [5.41, 5.74) is 0. The van der Waals surface area contributed by atoms with Gasteiger partial charge in [-0.3, -0.25) is 4.99 Å². The van der Waals surface area contributed by atoms with E-state index in [1.807, 2.05) is 7.05 Å². The van der Waals surface area contributed by atoms with E-state index >= 15 is 0 Å². The Morgan fingerprint density at radius 1 is 0.905 bits per heavy atom. The van der Waals surface area contributed by atoms with Crippen molar-refractivity contribution < 1.29 is 0 Å². The Balaban J connectivity index is 1.91. The zero-order valence-corrected chi connectivity index (χ0v) is 14.3. The van der Waals surface area contributed by atoms with Crippen LogP contribution in [-0.2, 0) is 0 Å². The van der Waals surface area contributed by atoms with Crippen molar-refractivity contribution in [2.24, 2.45) is 4.99 Å². The molecule has 1 rings (SSSR count). The van der Waals surface area contributed by atoms with E-state index in [1.54, 1.807) is 0 Å². The molecule has 0 radical (unpaired) electrons. The average molecular weight is 297 g/mol. The highest BCUT2D eigenvalue weighted by atomic mass is 15.2. The maximum absolute atomic E-state index is 4.26. The Kier molecular flexibility index (Phi) is 11.3. The number of rotatable bonds is 10. The van der Waals surface area contributed by atoms with Crippen molar-refractivity contribution in [2.45, 2.75) is 64.7 Å². The molecule has 0 aromatic carbocycles. The van der Waals surface area contributed by atoms with Crippen LogP contribution in [0.3, 0.4) is 0 Å². The summed E-state index contributed by atoms with van der Waals surface area (Å²) in [6.45, 7) is 8.25. The van der Waals surface area contributed by atoms with Gasteiger partial charge in [-0.25, -0.2) is 0 Å². The summed E-state index contributed by atoms with van der Waals surface area (Å²) in [6.07, 6.45) is 11.9. The van der Waals surface area contributed by atoms with Crippen LogP contribution in [0.15, 0.2) is 4.99 Å². The lowest BCUT2D eigenvalue weighted by molar-refractivity contribution is 0.224. The van der Waals surface area contributed by atoms with Crippen LogP contribution in [0.5, 0.6) is 0 Å². The van der Waals surface area contributed by atoms with Gasteiger partial charge >= 0.3 is 0 Å². The van der Waals surface area contributed by atoms with Crippen molar-refractivity contribution >= 4 is 5.96 Å². The number of likely N-dealkylation sites (tertiary alicyclic amines) is 1. The molecule has 2 N–H and O–H groups in total. The van der Waals surface area contributed by atoms with Gasteiger partial charge in [0.05, 0.1) is 0 Å². The minimum absolute atomic E-state index is 0.960. The van der Waals surface area contributed by atoms with E-state index in [9.17, 15) is 0 Å². The van der Waals surface area contributed by atoms with Gasteiger partial charge in [-0.1, -0.05) is 32.6 Å². The van der Waals surface area contributed by atoms with E-state index in [2.05, 4.69) is 27.4 Å². The van der Waals surface area contributed by atoms with Gasteiger partial charge < -0.3 is 15.5 Å². The molecular weight excluding hydrogens is 260 g/mol. The molecule has 0 unspecified atom stereocenters. The lowest BCUT2D eigenvalue weighted by Gasteiger charge is -2.26. The molecule has 0 aromatic rings. The third-order valence-corrected chi connectivity index (χ3v) is 4.19. The van der Waals surface area contributed by atoms with Crippen LogP contribution in [0.2, 0.25) is 0 Å². The van der Waals surface area contributed by atoms with Crippen LogP contribution < -0.4 is 10.6 Å². The summed E-state index contributed by atoms with van der Waals surface area (Å²) in [5, 5.41) is 6.79. The maximum Gasteiger partial charge on any atom is 0.190 e. The fourth-order valence-electron chi connectivity index (χ4n) is 2.83. The Bertz CT molecular complexity index is 260. The minimum atomic E-state index is 0.960. The molecule has 0 saturated carbocycles. The molecule has 1 heterocycles. The first kappa shape index (κ1) is 18.3. The lowest BCUT2D eigenvalue weighted by atomic mass is 10.1. The zero-order chi connectivity index (χ0) is 15.2. The fourth-order valence-corrected chi connectivity index (χ4v) is 2.83. The largest absolute Gasteiger partial charge is 0.356 e. The van der Waals surface area contributed by atoms with E-state index in [-0.39, 0.29) is 0 Å². The Labute approximate surface area is 131 Å². The van der Waals surface area contributed by atoms with Gasteiger partial charge in [0.2, 0.25) is 0 Å². The van der Waals surface area contributed by atoms with Crippen LogP contribution >= 0.6 is 0 Å². The van der Waals surface area contributed by atoms with Gasteiger partial charge in [0.15, 0.2) is 5.96 Å². The third kappa shape index (κ3) is 9.72. The third-order valence-electron chi connectivity index (χ3n) is 4.19. The van der Waals surface area contributed by atoms with Gasteiger partial charge in [0, 0.05) is 20.1 Å². The predicted octanol–water partition coefficient (Wildman–Crippen LogP) is 3.00. The van der Waals surface area contributed by atoms with Crippen molar-refractivity contribution in [3.63, 3.8) is 0 Å².